The van der Waals surface area contributed by atoms with E-state index in [9.17, 15) is 0 Å². The Balaban J connectivity index is 1.09. The SMILES string of the molecule is CCCCc1ccc(-c2cccc3c2C=C(c2ccc(-c4ccccc4)o2)[CH]3[Zr][CH]2C(c3ccc(-c4ccccc4)o3)=Cc3c(-c4ccc(CCCC)cc4)cccc32)cc1. The molecule has 2 aliphatic carbocycles. The molecular formula is C58H50O2Zr. The Kier molecular flexibility index (Phi) is 11.4. The van der Waals surface area contributed by atoms with Gasteiger partial charge in [-0.1, -0.05) is 0 Å². The van der Waals surface area contributed by atoms with Crippen LogP contribution in [0.15, 0.2) is 179 Å². The first-order valence-corrected chi connectivity index (χ1v) is 24.9. The number of furan rings is 2. The fraction of sp³-hybridized carbons (Fsp3) is 0.172. The summed E-state index contributed by atoms with van der Waals surface area (Å²) in [6.45, 7) is 4.53. The molecule has 6 aromatic carbocycles. The first-order chi connectivity index (χ1) is 30.1. The van der Waals surface area contributed by atoms with E-state index < -0.39 is 23.2 Å². The summed E-state index contributed by atoms with van der Waals surface area (Å²) in [6.07, 6.45) is 12.0. The molecule has 0 saturated heterocycles. The molecule has 10 rings (SSSR count). The van der Waals surface area contributed by atoms with Crippen molar-refractivity contribution in [1.29, 1.82) is 0 Å². The van der Waals surface area contributed by atoms with Gasteiger partial charge in [-0.05, 0) is 0 Å². The number of fused-ring (bicyclic) bond motifs is 2. The number of aryl methyl sites for hydroxylation is 2. The van der Waals surface area contributed by atoms with Gasteiger partial charge in [0.1, 0.15) is 0 Å². The average Bonchev–Trinajstić information content (AvgIpc) is 4.15. The normalized spacial score (nSPS) is 15.3. The van der Waals surface area contributed by atoms with Crippen molar-refractivity contribution < 1.29 is 32.1 Å². The molecule has 8 aromatic rings. The topological polar surface area (TPSA) is 26.3 Å². The van der Waals surface area contributed by atoms with Gasteiger partial charge in [-0.25, -0.2) is 0 Å². The number of hydrogen-bond donors (Lipinski definition) is 0. The van der Waals surface area contributed by atoms with E-state index in [1.807, 2.05) is 0 Å². The molecule has 2 atom stereocenters. The minimum atomic E-state index is -1.45. The molecule has 0 spiro atoms. The van der Waals surface area contributed by atoms with Gasteiger partial charge in [-0.15, -0.1) is 0 Å². The number of hydrogen-bond acceptors (Lipinski definition) is 2. The van der Waals surface area contributed by atoms with Crippen LogP contribution in [-0.2, 0) is 36.1 Å². The summed E-state index contributed by atoms with van der Waals surface area (Å²) in [4.78, 5) is 0. The summed E-state index contributed by atoms with van der Waals surface area (Å²) in [5.74, 6) is 3.74. The van der Waals surface area contributed by atoms with Crippen LogP contribution in [0.1, 0.15) is 91.7 Å². The summed E-state index contributed by atoms with van der Waals surface area (Å²) >= 11 is -1.45. The van der Waals surface area contributed by atoms with Gasteiger partial charge in [0.05, 0.1) is 0 Å². The van der Waals surface area contributed by atoms with Crippen LogP contribution in [0.5, 0.6) is 0 Å². The zero-order chi connectivity index (χ0) is 41.1. The first-order valence-electron chi connectivity index (χ1n) is 22.1. The molecule has 298 valence electrons. The number of rotatable bonds is 14. The van der Waals surface area contributed by atoms with Crippen molar-refractivity contribution in [1.82, 2.24) is 0 Å². The molecule has 0 bridgehead atoms. The van der Waals surface area contributed by atoms with Crippen LogP contribution in [0, 0.1) is 0 Å². The monoisotopic (exact) mass is 868 g/mol. The predicted octanol–water partition coefficient (Wildman–Crippen LogP) is 16.2. The van der Waals surface area contributed by atoms with E-state index in [0.717, 1.165) is 47.0 Å². The zero-order valence-corrected chi connectivity index (χ0v) is 37.5. The summed E-state index contributed by atoms with van der Waals surface area (Å²) in [5.41, 5.74) is 18.2. The van der Waals surface area contributed by atoms with Gasteiger partial charge in [0.25, 0.3) is 0 Å². The Morgan fingerprint density at radius 1 is 0.393 bits per heavy atom. The molecule has 0 radical (unpaired) electrons. The summed E-state index contributed by atoms with van der Waals surface area (Å²) in [7, 11) is 0. The summed E-state index contributed by atoms with van der Waals surface area (Å²) in [5, 5.41) is 0. The Hall–Kier alpha value is -5.76. The van der Waals surface area contributed by atoms with Crippen LogP contribution in [0.2, 0.25) is 0 Å². The molecule has 2 heterocycles. The third kappa shape index (κ3) is 7.98. The second kappa shape index (κ2) is 17.7. The number of benzene rings is 6. The van der Waals surface area contributed by atoms with Crippen molar-refractivity contribution in [3.05, 3.63) is 215 Å². The van der Waals surface area contributed by atoms with Crippen molar-refractivity contribution in [2.45, 2.75) is 59.6 Å². The van der Waals surface area contributed by atoms with Crippen molar-refractivity contribution in [2.24, 2.45) is 0 Å². The third-order valence-electron chi connectivity index (χ3n) is 12.5. The second-order valence-corrected chi connectivity index (χ2v) is 20.2. The summed E-state index contributed by atoms with van der Waals surface area (Å²) < 4.78 is 14.2. The van der Waals surface area contributed by atoms with E-state index in [0.29, 0.717) is 0 Å². The maximum atomic E-state index is 6.85. The fourth-order valence-electron chi connectivity index (χ4n) is 9.23. The molecule has 2 aromatic heterocycles. The molecule has 61 heavy (non-hydrogen) atoms. The Morgan fingerprint density at radius 3 is 1.21 bits per heavy atom. The van der Waals surface area contributed by atoms with Gasteiger partial charge in [0.15, 0.2) is 0 Å². The quantitative estimate of drug-likeness (QED) is 0.109. The van der Waals surface area contributed by atoms with Crippen LogP contribution in [0.25, 0.3) is 68.2 Å². The molecule has 0 fully saturated rings. The van der Waals surface area contributed by atoms with Crippen LogP contribution in [0.3, 0.4) is 0 Å². The minimum absolute atomic E-state index is 0.251. The molecule has 2 unspecified atom stereocenters. The van der Waals surface area contributed by atoms with Gasteiger partial charge in [-0.3, -0.25) is 0 Å². The van der Waals surface area contributed by atoms with Crippen LogP contribution in [0.4, 0.5) is 0 Å². The van der Waals surface area contributed by atoms with E-state index in [-0.39, 0.29) is 7.25 Å². The van der Waals surface area contributed by atoms with Crippen molar-refractivity contribution >= 4 is 23.3 Å². The fourth-order valence-corrected chi connectivity index (χ4v) is 14.2. The second-order valence-electron chi connectivity index (χ2n) is 16.5. The molecule has 2 nitrogen and oxygen atoms in total. The average molecular weight is 870 g/mol. The molecule has 0 N–H and O–H groups in total. The van der Waals surface area contributed by atoms with E-state index in [2.05, 4.69) is 196 Å². The predicted molar refractivity (Wildman–Crippen MR) is 250 cm³/mol. The molecule has 0 amide bonds. The van der Waals surface area contributed by atoms with Gasteiger partial charge in [-0.2, -0.15) is 0 Å². The Labute approximate surface area is 372 Å². The molecule has 0 saturated carbocycles. The molecule has 3 heteroatoms. The Morgan fingerprint density at radius 2 is 0.803 bits per heavy atom. The third-order valence-corrected chi connectivity index (χ3v) is 17.2. The van der Waals surface area contributed by atoms with Crippen molar-refractivity contribution in [3.63, 3.8) is 0 Å². The molecule has 2 aliphatic rings. The van der Waals surface area contributed by atoms with E-state index in [1.165, 1.54) is 92.5 Å². The maximum absolute atomic E-state index is 6.85. The van der Waals surface area contributed by atoms with Crippen LogP contribution >= 0.6 is 0 Å². The molecule has 0 aliphatic heterocycles. The van der Waals surface area contributed by atoms with E-state index in [1.54, 1.807) is 0 Å². The van der Waals surface area contributed by atoms with Gasteiger partial charge >= 0.3 is 375 Å². The Bertz CT molecular complexity index is 2640. The van der Waals surface area contributed by atoms with Crippen LogP contribution < -0.4 is 0 Å². The van der Waals surface area contributed by atoms with Gasteiger partial charge < -0.3 is 0 Å². The van der Waals surface area contributed by atoms with E-state index in [4.69, 9.17) is 8.83 Å². The number of unbranched alkanes of at least 4 members (excludes halogenated alkanes) is 2. The van der Waals surface area contributed by atoms with Crippen LogP contribution in [-0.4, -0.2) is 0 Å². The van der Waals surface area contributed by atoms with Crippen molar-refractivity contribution in [2.75, 3.05) is 0 Å². The standard InChI is InChI=1S/2C29H25O.Zr/c2*1-2-3-8-21-13-15-22(16-14-21)26-12-7-11-24-19-25(20-27(24)26)29-18-17-28(30-29)23-9-5-4-6-10-23;/h2*4-7,9-20H,2-3,8H2,1H3;. The summed E-state index contributed by atoms with van der Waals surface area (Å²) in [6, 6.07) is 62.2. The first kappa shape index (κ1) is 39.4. The van der Waals surface area contributed by atoms with Gasteiger partial charge in [0.2, 0.25) is 0 Å². The zero-order valence-electron chi connectivity index (χ0n) is 35.0. The van der Waals surface area contributed by atoms with Crippen molar-refractivity contribution in [3.8, 4) is 44.9 Å². The van der Waals surface area contributed by atoms with E-state index >= 15 is 0 Å². The molecular weight excluding hydrogens is 820 g/mol. The number of allylic oxidation sites excluding steroid dienone is 2. The van der Waals surface area contributed by atoms with Gasteiger partial charge in [0, 0.05) is 0 Å².